The summed E-state index contributed by atoms with van der Waals surface area (Å²) in [7, 11) is -4.01. The Morgan fingerprint density at radius 3 is 1.30 bits per heavy atom. The molecular weight excluding hydrogens is 565 g/mol. The first-order chi connectivity index (χ1) is 21.7. The Morgan fingerprint density at radius 2 is 0.932 bits per heavy atom. The Balaban J connectivity index is 1.52. The molecule has 6 aromatic rings. The first kappa shape index (κ1) is 29.6. The highest BCUT2D eigenvalue weighted by Crippen LogP contribution is 2.62. The third kappa shape index (κ3) is 6.52. The zero-order chi connectivity index (χ0) is 30.1. The van der Waals surface area contributed by atoms with Crippen molar-refractivity contribution in [2.75, 3.05) is 0 Å². The third-order valence-electron chi connectivity index (χ3n) is 7.61. The van der Waals surface area contributed by atoms with Gasteiger partial charge in [0.15, 0.2) is 5.78 Å². The summed E-state index contributed by atoms with van der Waals surface area (Å²) >= 11 is 0. The van der Waals surface area contributed by atoms with Crippen LogP contribution in [0.2, 0.25) is 0 Å². The molecule has 0 bridgehead atoms. The Morgan fingerprint density at radius 1 is 0.545 bits per heavy atom. The molecule has 0 aliphatic rings. The summed E-state index contributed by atoms with van der Waals surface area (Å²) in [6.07, 6.45) is 1.58. The fraction of sp³-hybridized carbons (Fsp3) is 0.105. The summed E-state index contributed by atoms with van der Waals surface area (Å²) < 4.78 is 34.1. The van der Waals surface area contributed by atoms with Crippen molar-refractivity contribution in [3.8, 4) is 0 Å². The average Bonchev–Trinajstić information content (AvgIpc) is 3.64. The third-order valence-corrected chi connectivity index (χ3v) is 9.60. The molecule has 220 valence electrons. The minimum absolute atomic E-state index is 0.0980. The van der Waals surface area contributed by atoms with E-state index in [9.17, 15) is 0 Å². The molecule has 0 saturated carbocycles. The maximum atomic E-state index is 15.4. The standard InChI is InChI=1S/C38H34NO4P/c40-44(42-29-31-17-6-1-7-18-31,43-30-32-19-8-2-9-20-32)37(36-27-16-28-41-36)39-38(33-21-10-3-11-22-33,34-23-12-4-13-24-34)35-25-14-5-15-26-35/h1-28,37,39H,29-30H2. The van der Waals surface area contributed by atoms with Gasteiger partial charge in [0.05, 0.1) is 25.0 Å². The fourth-order valence-electron chi connectivity index (χ4n) is 5.44. The van der Waals surface area contributed by atoms with Crippen molar-refractivity contribution in [2.24, 2.45) is 0 Å². The minimum Gasteiger partial charge on any atom is -0.467 e. The Labute approximate surface area is 258 Å². The summed E-state index contributed by atoms with van der Waals surface area (Å²) in [6, 6.07) is 53.5. The van der Waals surface area contributed by atoms with E-state index >= 15 is 4.57 Å². The lowest BCUT2D eigenvalue weighted by molar-refractivity contribution is 0.172. The first-order valence-electron chi connectivity index (χ1n) is 14.6. The van der Waals surface area contributed by atoms with Crippen LogP contribution >= 0.6 is 7.60 Å². The molecule has 0 amide bonds. The van der Waals surface area contributed by atoms with Crippen molar-refractivity contribution >= 4 is 7.60 Å². The van der Waals surface area contributed by atoms with Crippen LogP contribution in [-0.2, 0) is 32.4 Å². The second kappa shape index (κ2) is 13.9. The van der Waals surface area contributed by atoms with Crippen LogP contribution in [0.5, 0.6) is 0 Å². The summed E-state index contributed by atoms with van der Waals surface area (Å²) in [5.41, 5.74) is 3.71. The lowest BCUT2D eigenvalue weighted by Gasteiger charge is -2.41. The number of nitrogens with one attached hydrogen (secondary N) is 1. The van der Waals surface area contributed by atoms with Gasteiger partial charge in [0.2, 0.25) is 0 Å². The van der Waals surface area contributed by atoms with E-state index < -0.39 is 18.9 Å². The maximum absolute atomic E-state index is 15.4. The summed E-state index contributed by atoms with van der Waals surface area (Å²) in [4.78, 5) is 0. The molecule has 0 radical (unpaired) electrons. The molecule has 1 aromatic heterocycles. The fourth-order valence-corrected chi connectivity index (χ4v) is 7.28. The van der Waals surface area contributed by atoms with Crippen LogP contribution in [0.1, 0.15) is 39.4 Å². The molecule has 6 heteroatoms. The molecule has 44 heavy (non-hydrogen) atoms. The van der Waals surface area contributed by atoms with Gasteiger partial charge in [0, 0.05) is 0 Å². The van der Waals surface area contributed by atoms with Gasteiger partial charge in [-0.2, -0.15) is 0 Å². The molecule has 0 fully saturated rings. The van der Waals surface area contributed by atoms with Crippen molar-refractivity contribution in [3.63, 3.8) is 0 Å². The topological polar surface area (TPSA) is 60.7 Å². The highest BCUT2D eigenvalue weighted by molar-refractivity contribution is 7.54. The largest absolute Gasteiger partial charge is 0.467 e. The van der Waals surface area contributed by atoms with E-state index in [-0.39, 0.29) is 13.2 Å². The molecule has 0 aliphatic carbocycles. The van der Waals surface area contributed by atoms with E-state index in [1.807, 2.05) is 121 Å². The van der Waals surface area contributed by atoms with E-state index in [2.05, 4.69) is 41.7 Å². The van der Waals surface area contributed by atoms with Crippen molar-refractivity contribution in [1.82, 2.24) is 5.32 Å². The van der Waals surface area contributed by atoms with E-state index in [1.54, 1.807) is 12.3 Å². The van der Waals surface area contributed by atoms with Crippen molar-refractivity contribution in [1.29, 1.82) is 0 Å². The van der Waals surface area contributed by atoms with Gasteiger partial charge in [0.25, 0.3) is 0 Å². The molecule has 1 heterocycles. The maximum Gasteiger partial charge on any atom is 0.355 e. The Hall–Kier alpha value is -4.51. The monoisotopic (exact) mass is 599 g/mol. The van der Waals surface area contributed by atoms with Crippen LogP contribution in [0.3, 0.4) is 0 Å². The van der Waals surface area contributed by atoms with E-state index in [0.29, 0.717) is 5.76 Å². The zero-order valence-corrected chi connectivity index (χ0v) is 25.1. The van der Waals surface area contributed by atoms with Gasteiger partial charge in [-0.15, -0.1) is 0 Å². The van der Waals surface area contributed by atoms with Gasteiger partial charge in [-0.3, -0.25) is 9.88 Å². The van der Waals surface area contributed by atoms with Gasteiger partial charge < -0.3 is 13.5 Å². The van der Waals surface area contributed by atoms with E-state index in [4.69, 9.17) is 13.5 Å². The van der Waals surface area contributed by atoms with Gasteiger partial charge in [-0.25, -0.2) is 0 Å². The molecule has 1 unspecified atom stereocenters. The smallest absolute Gasteiger partial charge is 0.355 e. The van der Waals surface area contributed by atoms with Crippen molar-refractivity contribution in [2.45, 2.75) is 24.5 Å². The predicted octanol–water partition coefficient (Wildman–Crippen LogP) is 9.49. The van der Waals surface area contributed by atoms with Crippen molar-refractivity contribution in [3.05, 3.63) is 204 Å². The lowest BCUT2D eigenvalue weighted by Crippen LogP contribution is -2.46. The van der Waals surface area contributed by atoms with Crippen LogP contribution in [0.25, 0.3) is 0 Å². The summed E-state index contributed by atoms with van der Waals surface area (Å²) in [6.45, 7) is 0.196. The van der Waals surface area contributed by atoms with Crippen LogP contribution in [0.15, 0.2) is 174 Å². The highest BCUT2D eigenvalue weighted by Gasteiger charge is 2.47. The highest BCUT2D eigenvalue weighted by atomic mass is 31.2. The Kier molecular flexibility index (Phi) is 9.31. The SMILES string of the molecule is O=P(OCc1ccccc1)(OCc1ccccc1)C(NC(c1ccccc1)(c1ccccc1)c1ccccc1)c1ccco1. The summed E-state index contributed by atoms with van der Waals surface area (Å²) in [5.74, 6) is -0.535. The molecule has 1 N–H and O–H groups in total. The molecule has 0 spiro atoms. The van der Waals surface area contributed by atoms with Crippen LogP contribution in [0.4, 0.5) is 0 Å². The quantitative estimate of drug-likeness (QED) is 0.106. The molecule has 5 nitrogen and oxygen atoms in total. The molecule has 1 atom stereocenters. The van der Waals surface area contributed by atoms with E-state index in [0.717, 1.165) is 27.8 Å². The van der Waals surface area contributed by atoms with Crippen molar-refractivity contribution < 1.29 is 18.0 Å². The molecular formula is C38H34NO4P. The molecule has 6 rings (SSSR count). The Bertz CT molecular complexity index is 1600. The van der Waals surface area contributed by atoms with Crippen LogP contribution < -0.4 is 5.32 Å². The lowest BCUT2D eigenvalue weighted by atomic mass is 9.77. The summed E-state index contributed by atoms with van der Waals surface area (Å²) in [5, 5.41) is 3.83. The van der Waals surface area contributed by atoms with Gasteiger partial charge in [0.1, 0.15) is 5.76 Å². The number of rotatable bonds is 13. The van der Waals surface area contributed by atoms with E-state index in [1.165, 1.54) is 0 Å². The first-order valence-corrected chi connectivity index (χ1v) is 16.2. The van der Waals surface area contributed by atoms with Gasteiger partial charge in [-0.05, 0) is 39.9 Å². The molecule has 0 aliphatic heterocycles. The molecule has 5 aromatic carbocycles. The normalized spacial score (nSPS) is 12.5. The van der Waals surface area contributed by atoms with Gasteiger partial charge in [-0.1, -0.05) is 152 Å². The van der Waals surface area contributed by atoms with Crippen LogP contribution in [-0.4, -0.2) is 0 Å². The zero-order valence-electron chi connectivity index (χ0n) is 24.2. The number of furan rings is 1. The average molecular weight is 600 g/mol. The number of hydrogen-bond donors (Lipinski definition) is 1. The second-order valence-corrected chi connectivity index (χ2v) is 12.6. The minimum atomic E-state index is -4.01. The van der Waals surface area contributed by atoms with Gasteiger partial charge >= 0.3 is 7.60 Å². The second-order valence-electron chi connectivity index (χ2n) is 10.5. The molecule has 0 saturated heterocycles. The van der Waals surface area contributed by atoms with Crippen LogP contribution in [0, 0.1) is 0 Å². The number of benzene rings is 5. The predicted molar refractivity (Wildman–Crippen MR) is 174 cm³/mol. The number of hydrogen-bond acceptors (Lipinski definition) is 5.